The molecule has 0 saturated carbocycles. The molecule has 4 heteroatoms. The van der Waals surface area contributed by atoms with E-state index in [9.17, 15) is 0 Å². The molecule has 1 aromatic carbocycles. The SMILES string of the molecule is CCCCCCCCCCOc1cnnnc1-c1ccccc1. The molecule has 0 fully saturated rings. The first kappa shape index (κ1) is 17.4. The van der Waals surface area contributed by atoms with Crippen molar-refractivity contribution >= 4 is 0 Å². The topological polar surface area (TPSA) is 47.9 Å². The number of hydrogen-bond acceptors (Lipinski definition) is 4. The van der Waals surface area contributed by atoms with Crippen LogP contribution < -0.4 is 4.74 Å². The van der Waals surface area contributed by atoms with Crippen LogP contribution in [0.25, 0.3) is 11.3 Å². The summed E-state index contributed by atoms with van der Waals surface area (Å²) < 4.78 is 5.87. The van der Waals surface area contributed by atoms with E-state index in [1.54, 1.807) is 6.20 Å². The number of ether oxygens (including phenoxy) is 1. The normalized spacial score (nSPS) is 10.7. The van der Waals surface area contributed by atoms with E-state index in [4.69, 9.17) is 4.74 Å². The zero-order chi connectivity index (χ0) is 16.2. The molecule has 0 bridgehead atoms. The van der Waals surface area contributed by atoms with Crippen LogP contribution in [0.4, 0.5) is 0 Å². The van der Waals surface area contributed by atoms with Gasteiger partial charge in [0.05, 0.1) is 12.8 Å². The highest BCUT2D eigenvalue weighted by Gasteiger charge is 2.08. The molecule has 0 N–H and O–H groups in total. The highest BCUT2D eigenvalue weighted by molar-refractivity contribution is 5.64. The van der Waals surface area contributed by atoms with Crippen molar-refractivity contribution < 1.29 is 4.74 Å². The summed E-state index contributed by atoms with van der Waals surface area (Å²) in [6.07, 6.45) is 12.0. The Bertz CT molecular complexity index is 545. The minimum absolute atomic E-state index is 0.710. The molecule has 1 aromatic heterocycles. The van der Waals surface area contributed by atoms with Crippen molar-refractivity contribution in [1.29, 1.82) is 0 Å². The van der Waals surface area contributed by atoms with E-state index >= 15 is 0 Å². The summed E-state index contributed by atoms with van der Waals surface area (Å²) >= 11 is 0. The Hall–Kier alpha value is -1.97. The smallest absolute Gasteiger partial charge is 0.167 e. The maximum atomic E-state index is 5.87. The molecule has 0 aliphatic rings. The minimum atomic E-state index is 0.710. The van der Waals surface area contributed by atoms with Gasteiger partial charge in [-0.3, -0.25) is 0 Å². The van der Waals surface area contributed by atoms with Crippen molar-refractivity contribution in [1.82, 2.24) is 15.4 Å². The average molecular weight is 313 g/mol. The van der Waals surface area contributed by atoms with Gasteiger partial charge in [-0.1, -0.05) is 82.2 Å². The number of hydrogen-bond donors (Lipinski definition) is 0. The van der Waals surface area contributed by atoms with Crippen LogP contribution in [0.3, 0.4) is 0 Å². The number of rotatable bonds is 11. The Morgan fingerprint density at radius 3 is 2.30 bits per heavy atom. The zero-order valence-corrected chi connectivity index (χ0v) is 14.1. The van der Waals surface area contributed by atoms with Crippen molar-refractivity contribution in [3.05, 3.63) is 36.5 Å². The Kier molecular flexibility index (Phi) is 8.09. The summed E-state index contributed by atoms with van der Waals surface area (Å²) in [6.45, 7) is 2.96. The molecule has 0 atom stereocenters. The molecule has 4 nitrogen and oxygen atoms in total. The second kappa shape index (κ2) is 10.7. The average Bonchev–Trinajstić information content (AvgIpc) is 2.61. The fourth-order valence-corrected chi connectivity index (χ4v) is 2.58. The monoisotopic (exact) mass is 313 g/mol. The molecule has 0 aliphatic heterocycles. The fraction of sp³-hybridized carbons (Fsp3) is 0.526. The van der Waals surface area contributed by atoms with Crippen LogP contribution in [0.1, 0.15) is 58.3 Å². The van der Waals surface area contributed by atoms with Gasteiger partial charge in [-0.2, -0.15) is 0 Å². The fourth-order valence-electron chi connectivity index (χ4n) is 2.58. The molecular weight excluding hydrogens is 286 g/mol. The van der Waals surface area contributed by atoms with E-state index in [2.05, 4.69) is 22.3 Å². The third-order valence-electron chi connectivity index (χ3n) is 3.91. The molecule has 0 amide bonds. The lowest BCUT2D eigenvalue weighted by Crippen LogP contribution is -2.02. The highest BCUT2D eigenvalue weighted by Crippen LogP contribution is 2.25. The summed E-state index contributed by atoms with van der Waals surface area (Å²) in [5, 5.41) is 11.7. The van der Waals surface area contributed by atoms with Gasteiger partial charge in [-0.25, -0.2) is 0 Å². The van der Waals surface area contributed by atoms with Crippen LogP contribution in [0, 0.1) is 0 Å². The van der Waals surface area contributed by atoms with E-state index in [0.29, 0.717) is 12.4 Å². The molecule has 124 valence electrons. The van der Waals surface area contributed by atoms with E-state index in [1.165, 1.54) is 44.9 Å². The predicted molar refractivity (Wildman–Crippen MR) is 93.4 cm³/mol. The summed E-state index contributed by atoms with van der Waals surface area (Å²) in [4.78, 5) is 0. The number of unbranched alkanes of at least 4 members (excludes halogenated alkanes) is 7. The quantitative estimate of drug-likeness (QED) is 0.544. The van der Waals surface area contributed by atoms with Crippen LogP contribution in [-0.4, -0.2) is 22.0 Å². The van der Waals surface area contributed by atoms with Crippen molar-refractivity contribution in [3.63, 3.8) is 0 Å². The van der Waals surface area contributed by atoms with Gasteiger partial charge in [-0.05, 0) is 11.6 Å². The maximum absolute atomic E-state index is 5.87. The van der Waals surface area contributed by atoms with Crippen LogP contribution in [-0.2, 0) is 0 Å². The zero-order valence-electron chi connectivity index (χ0n) is 14.1. The summed E-state index contributed by atoms with van der Waals surface area (Å²) in [5.74, 6) is 0.717. The molecule has 2 rings (SSSR count). The van der Waals surface area contributed by atoms with Gasteiger partial charge in [0.1, 0.15) is 5.69 Å². The first-order valence-corrected chi connectivity index (χ1v) is 8.78. The van der Waals surface area contributed by atoms with Crippen molar-refractivity contribution in [2.24, 2.45) is 0 Å². The van der Waals surface area contributed by atoms with E-state index in [-0.39, 0.29) is 0 Å². The van der Waals surface area contributed by atoms with Crippen molar-refractivity contribution in [2.45, 2.75) is 58.3 Å². The van der Waals surface area contributed by atoms with Gasteiger partial charge >= 0.3 is 0 Å². The minimum Gasteiger partial charge on any atom is -0.490 e. The molecule has 23 heavy (non-hydrogen) atoms. The van der Waals surface area contributed by atoms with Crippen molar-refractivity contribution in [3.8, 4) is 17.0 Å². The molecule has 0 spiro atoms. The standard InChI is InChI=1S/C19H27N3O/c1-2-3-4-5-6-7-8-12-15-23-18-16-20-22-21-19(18)17-13-10-9-11-14-17/h9-11,13-14,16H,2-8,12,15H2,1H3. The molecule has 0 saturated heterocycles. The van der Waals surface area contributed by atoms with E-state index < -0.39 is 0 Å². The molecule has 2 aromatic rings. The third kappa shape index (κ3) is 6.35. The van der Waals surface area contributed by atoms with Crippen molar-refractivity contribution in [2.75, 3.05) is 6.61 Å². The number of aromatic nitrogens is 3. The highest BCUT2D eigenvalue weighted by atomic mass is 16.5. The Balaban J connectivity index is 1.70. The van der Waals surface area contributed by atoms with Gasteiger partial charge < -0.3 is 4.74 Å². The second-order valence-corrected chi connectivity index (χ2v) is 5.84. The van der Waals surface area contributed by atoms with Gasteiger partial charge in [0.15, 0.2) is 5.75 Å². The first-order chi connectivity index (χ1) is 11.4. The van der Waals surface area contributed by atoms with Gasteiger partial charge in [0.2, 0.25) is 0 Å². The molecule has 0 aliphatic carbocycles. The van der Waals surface area contributed by atoms with E-state index in [1.807, 2.05) is 30.3 Å². The Labute approximate surface area is 139 Å². The van der Waals surface area contributed by atoms with Crippen LogP contribution in [0.2, 0.25) is 0 Å². The molecule has 1 heterocycles. The summed E-state index contributed by atoms with van der Waals surface area (Å²) in [6, 6.07) is 9.97. The molecular formula is C19H27N3O. The van der Waals surface area contributed by atoms with Crippen LogP contribution in [0.5, 0.6) is 5.75 Å². The van der Waals surface area contributed by atoms with Gasteiger partial charge in [0, 0.05) is 5.56 Å². The first-order valence-electron chi connectivity index (χ1n) is 8.78. The molecule has 0 unspecified atom stereocenters. The Morgan fingerprint density at radius 1 is 0.870 bits per heavy atom. The van der Waals surface area contributed by atoms with Gasteiger partial charge in [-0.15, -0.1) is 10.2 Å². The Morgan fingerprint density at radius 2 is 1.57 bits per heavy atom. The maximum Gasteiger partial charge on any atom is 0.167 e. The summed E-state index contributed by atoms with van der Waals surface area (Å²) in [5.41, 5.74) is 1.77. The lowest BCUT2D eigenvalue weighted by atomic mass is 10.1. The number of benzene rings is 1. The van der Waals surface area contributed by atoms with E-state index in [0.717, 1.165) is 17.7 Å². The second-order valence-electron chi connectivity index (χ2n) is 5.84. The van der Waals surface area contributed by atoms with Crippen LogP contribution in [0.15, 0.2) is 36.5 Å². The third-order valence-corrected chi connectivity index (χ3v) is 3.91. The molecule has 0 radical (unpaired) electrons. The summed E-state index contributed by atoms with van der Waals surface area (Å²) in [7, 11) is 0. The van der Waals surface area contributed by atoms with Gasteiger partial charge in [0.25, 0.3) is 0 Å². The largest absolute Gasteiger partial charge is 0.490 e. The number of nitrogens with zero attached hydrogens (tertiary/aromatic N) is 3. The lowest BCUT2D eigenvalue weighted by molar-refractivity contribution is 0.302. The predicted octanol–water partition coefficient (Wildman–Crippen LogP) is 5.06. The lowest BCUT2D eigenvalue weighted by Gasteiger charge is -2.09. The van der Waals surface area contributed by atoms with Crippen LogP contribution >= 0.6 is 0 Å².